The van der Waals surface area contributed by atoms with Gasteiger partial charge in [0.2, 0.25) is 0 Å². The molecular weight excluding hydrogens is 258 g/mol. The second-order valence-electron chi connectivity index (χ2n) is 5.19. The van der Waals surface area contributed by atoms with Gasteiger partial charge in [-0.25, -0.2) is 0 Å². The normalized spacial score (nSPS) is 13.6. The van der Waals surface area contributed by atoms with E-state index in [2.05, 4.69) is 11.4 Å². The van der Waals surface area contributed by atoms with E-state index in [-0.39, 0.29) is 18.3 Å². The lowest BCUT2D eigenvalue weighted by molar-refractivity contribution is -0.385. The van der Waals surface area contributed by atoms with Crippen LogP contribution in [-0.2, 0) is 0 Å². The summed E-state index contributed by atoms with van der Waals surface area (Å²) in [7, 11) is 0. The molecule has 0 aliphatic carbocycles. The Morgan fingerprint density at radius 2 is 2.20 bits per heavy atom. The lowest BCUT2D eigenvalue weighted by Gasteiger charge is -2.26. The van der Waals surface area contributed by atoms with Crippen LogP contribution in [0, 0.1) is 28.4 Å². The zero-order valence-electron chi connectivity index (χ0n) is 12.1. The van der Waals surface area contributed by atoms with E-state index in [4.69, 9.17) is 4.74 Å². The SMILES string of the molecule is Cc1c(OCC(C)(C#N)NC(C)C)cccc1[N+](=O)[O-]. The number of nitriles is 1. The second-order valence-corrected chi connectivity index (χ2v) is 5.19. The predicted molar refractivity (Wildman–Crippen MR) is 75.6 cm³/mol. The highest BCUT2D eigenvalue weighted by Crippen LogP contribution is 2.27. The van der Waals surface area contributed by atoms with Crippen molar-refractivity contribution in [1.82, 2.24) is 5.32 Å². The zero-order valence-corrected chi connectivity index (χ0v) is 12.1. The first kappa shape index (κ1) is 15.9. The summed E-state index contributed by atoms with van der Waals surface area (Å²) in [6.07, 6.45) is 0. The molecule has 1 N–H and O–H groups in total. The number of rotatable bonds is 6. The van der Waals surface area contributed by atoms with Gasteiger partial charge < -0.3 is 4.74 Å². The number of benzene rings is 1. The molecule has 0 aromatic heterocycles. The van der Waals surface area contributed by atoms with Crippen molar-refractivity contribution in [3.05, 3.63) is 33.9 Å². The summed E-state index contributed by atoms with van der Waals surface area (Å²) >= 11 is 0. The number of ether oxygens (including phenoxy) is 1. The monoisotopic (exact) mass is 277 g/mol. The van der Waals surface area contributed by atoms with Gasteiger partial charge in [-0.2, -0.15) is 5.26 Å². The molecule has 0 heterocycles. The van der Waals surface area contributed by atoms with Gasteiger partial charge in [0.05, 0.1) is 16.6 Å². The Bertz CT molecular complexity index is 537. The average Bonchev–Trinajstić information content (AvgIpc) is 2.36. The molecule has 0 spiro atoms. The minimum atomic E-state index is -0.842. The summed E-state index contributed by atoms with van der Waals surface area (Å²) < 4.78 is 5.60. The van der Waals surface area contributed by atoms with E-state index in [1.165, 1.54) is 6.07 Å². The smallest absolute Gasteiger partial charge is 0.276 e. The van der Waals surface area contributed by atoms with Crippen LogP contribution in [0.4, 0.5) is 5.69 Å². The minimum absolute atomic E-state index is 0.0120. The molecule has 1 aromatic carbocycles. The number of hydrogen-bond donors (Lipinski definition) is 1. The van der Waals surface area contributed by atoms with Crippen molar-refractivity contribution in [3.8, 4) is 11.8 Å². The van der Waals surface area contributed by atoms with E-state index >= 15 is 0 Å². The standard InChI is InChI=1S/C14H19N3O3/c1-10(2)16-14(4,8-15)9-20-13-7-5-6-12(11(13)3)17(18)19/h5-7,10,16H,9H2,1-4H3. The average molecular weight is 277 g/mol. The highest BCUT2D eigenvalue weighted by molar-refractivity contribution is 5.48. The summed E-state index contributed by atoms with van der Waals surface area (Å²) in [4.78, 5) is 10.4. The number of hydrogen-bond acceptors (Lipinski definition) is 5. The predicted octanol–water partition coefficient (Wildman–Crippen LogP) is 2.56. The van der Waals surface area contributed by atoms with Crippen LogP contribution in [0.5, 0.6) is 5.75 Å². The third kappa shape index (κ3) is 3.93. The molecule has 0 fully saturated rings. The Balaban J connectivity index is 2.87. The minimum Gasteiger partial charge on any atom is -0.490 e. The molecule has 0 saturated heterocycles. The van der Waals surface area contributed by atoms with Crippen LogP contribution in [0.15, 0.2) is 18.2 Å². The first-order valence-corrected chi connectivity index (χ1v) is 6.35. The third-order valence-electron chi connectivity index (χ3n) is 2.82. The summed E-state index contributed by atoms with van der Waals surface area (Å²) in [5.74, 6) is 0.422. The quantitative estimate of drug-likeness (QED) is 0.637. The summed E-state index contributed by atoms with van der Waals surface area (Å²) in [6, 6.07) is 6.96. The molecule has 6 heteroatoms. The van der Waals surface area contributed by atoms with Gasteiger partial charge in [-0.3, -0.25) is 15.4 Å². The first-order chi connectivity index (χ1) is 9.29. The number of nitrogens with one attached hydrogen (secondary N) is 1. The van der Waals surface area contributed by atoms with Crippen LogP contribution in [0.25, 0.3) is 0 Å². The Kier molecular flexibility index (Phi) is 5.06. The van der Waals surface area contributed by atoms with Crippen molar-refractivity contribution < 1.29 is 9.66 Å². The maximum Gasteiger partial charge on any atom is 0.276 e. The maximum atomic E-state index is 10.9. The van der Waals surface area contributed by atoms with Gasteiger partial charge in [0.15, 0.2) is 0 Å². The van der Waals surface area contributed by atoms with Gasteiger partial charge in [0, 0.05) is 12.1 Å². The molecule has 1 unspecified atom stereocenters. The van der Waals surface area contributed by atoms with Crippen molar-refractivity contribution in [2.45, 2.75) is 39.3 Å². The lowest BCUT2D eigenvalue weighted by atomic mass is 10.1. The Morgan fingerprint density at radius 1 is 1.55 bits per heavy atom. The molecule has 0 aliphatic rings. The van der Waals surface area contributed by atoms with E-state index in [1.54, 1.807) is 26.0 Å². The van der Waals surface area contributed by atoms with Crippen LogP contribution in [0.2, 0.25) is 0 Å². The molecular formula is C14H19N3O3. The number of nitro benzene ring substituents is 1. The topological polar surface area (TPSA) is 88.2 Å². The molecule has 6 nitrogen and oxygen atoms in total. The van der Waals surface area contributed by atoms with Gasteiger partial charge in [0.1, 0.15) is 17.9 Å². The van der Waals surface area contributed by atoms with Gasteiger partial charge in [-0.05, 0) is 33.8 Å². The Hall–Kier alpha value is -2.13. The van der Waals surface area contributed by atoms with Gasteiger partial charge in [-0.1, -0.05) is 6.07 Å². The van der Waals surface area contributed by atoms with E-state index in [1.807, 2.05) is 13.8 Å². The van der Waals surface area contributed by atoms with E-state index in [9.17, 15) is 15.4 Å². The van der Waals surface area contributed by atoms with Crippen molar-refractivity contribution in [1.29, 1.82) is 5.26 Å². The summed E-state index contributed by atoms with van der Waals surface area (Å²) in [5, 5.41) is 23.2. The van der Waals surface area contributed by atoms with E-state index < -0.39 is 10.5 Å². The molecule has 20 heavy (non-hydrogen) atoms. The molecule has 0 saturated carbocycles. The van der Waals surface area contributed by atoms with Crippen LogP contribution >= 0.6 is 0 Å². The summed E-state index contributed by atoms with van der Waals surface area (Å²) in [5.41, 5.74) is -0.370. The maximum absolute atomic E-state index is 10.9. The summed E-state index contributed by atoms with van der Waals surface area (Å²) in [6.45, 7) is 7.36. The number of nitro groups is 1. The van der Waals surface area contributed by atoms with Crippen molar-refractivity contribution >= 4 is 5.69 Å². The van der Waals surface area contributed by atoms with Gasteiger partial charge in [-0.15, -0.1) is 0 Å². The molecule has 108 valence electrons. The van der Waals surface area contributed by atoms with Crippen molar-refractivity contribution in [3.63, 3.8) is 0 Å². The molecule has 0 bridgehead atoms. The fourth-order valence-corrected chi connectivity index (χ4v) is 1.92. The van der Waals surface area contributed by atoms with Gasteiger partial charge in [0.25, 0.3) is 5.69 Å². The van der Waals surface area contributed by atoms with Crippen molar-refractivity contribution in [2.24, 2.45) is 0 Å². The molecule has 1 atom stereocenters. The third-order valence-corrected chi connectivity index (χ3v) is 2.82. The molecule has 0 amide bonds. The fourth-order valence-electron chi connectivity index (χ4n) is 1.92. The van der Waals surface area contributed by atoms with E-state index in [0.717, 1.165) is 0 Å². The van der Waals surface area contributed by atoms with E-state index in [0.29, 0.717) is 11.3 Å². The lowest BCUT2D eigenvalue weighted by Crippen LogP contribution is -2.49. The largest absolute Gasteiger partial charge is 0.490 e. The van der Waals surface area contributed by atoms with Crippen LogP contribution < -0.4 is 10.1 Å². The highest BCUT2D eigenvalue weighted by Gasteiger charge is 2.26. The highest BCUT2D eigenvalue weighted by atomic mass is 16.6. The Labute approximate surface area is 118 Å². The van der Waals surface area contributed by atoms with Crippen LogP contribution in [0.1, 0.15) is 26.3 Å². The molecule has 1 aromatic rings. The molecule has 1 rings (SSSR count). The molecule has 0 radical (unpaired) electrons. The Morgan fingerprint density at radius 3 is 2.70 bits per heavy atom. The van der Waals surface area contributed by atoms with Gasteiger partial charge >= 0.3 is 0 Å². The van der Waals surface area contributed by atoms with Crippen LogP contribution in [-0.4, -0.2) is 23.1 Å². The number of nitrogens with zero attached hydrogens (tertiary/aromatic N) is 2. The van der Waals surface area contributed by atoms with Crippen molar-refractivity contribution in [2.75, 3.05) is 6.61 Å². The fraction of sp³-hybridized carbons (Fsp3) is 0.500. The molecule has 0 aliphatic heterocycles. The zero-order chi connectivity index (χ0) is 15.3. The second kappa shape index (κ2) is 6.35. The van der Waals surface area contributed by atoms with Crippen LogP contribution in [0.3, 0.4) is 0 Å². The first-order valence-electron chi connectivity index (χ1n) is 6.35.